The Balaban J connectivity index is 2.18. The summed E-state index contributed by atoms with van der Waals surface area (Å²) in [4.78, 5) is 15.7. The largest absolute Gasteiger partial charge is 0.360 e. The van der Waals surface area contributed by atoms with E-state index in [4.69, 9.17) is 34.8 Å². The molecule has 2 aromatic carbocycles. The van der Waals surface area contributed by atoms with Crippen molar-refractivity contribution in [3.8, 4) is 0 Å². The third-order valence-corrected chi connectivity index (χ3v) is 3.94. The topological polar surface area (TPSA) is 32.9 Å². The van der Waals surface area contributed by atoms with Gasteiger partial charge >= 0.3 is 0 Å². The fraction of sp³-hybridized carbons (Fsp3) is 0. The first-order valence-electron chi connectivity index (χ1n) is 5.83. The van der Waals surface area contributed by atoms with Crippen LogP contribution in [0.3, 0.4) is 0 Å². The molecule has 0 bridgehead atoms. The van der Waals surface area contributed by atoms with Crippen LogP contribution in [0.5, 0.6) is 0 Å². The van der Waals surface area contributed by atoms with Crippen molar-refractivity contribution >= 4 is 51.5 Å². The van der Waals surface area contributed by atoms with Gasteiger partial charge in [0.2, 0.25) is 0 Å². The molecular formula is C15H8Cl3NO. The molecule has 5 heteroatoms. The van der Waals surface area contributed by atoms with E-state index in [9.17, 15) is 4.79 Å². The van der Waals surface area contributed by atoms with Gasteiger partial charge in [-0.1, -0.05) is 46.9 Å². The van der Waals surface area contributed by atoms with Gasteiger partial charge in [0.1, 0.15) is 0 Å². The maximum absolute atomic E-state index is 12.6. The number of hydrogen-bond acceptors (Lipinski definition) is 1. The summed E-state index contributed by atoms with van der Waals surface area (Å²) in [5.41, 5.74) is 1.63. The molecule has 0 aliphatic heterocycles. The molecule has 0 radical (unpaired) electrons. The second kappa shape index (κ2) is 5.13. The number of aromatic nitrogens is 1. The number of fused-ring (bicyclic) bond motifs is 1. The van der Waals surface area contributed by atoms with Gasteiger partial charge in [0.05, 0.1) is 15.6 Å². The van der Waals surface area contributed by atoms with Crippen molar-refractivity contribution in [3.05, 3.63) is 68.8 Å². The Kier molecular flexibility index (Phi) is 3.47. The molecule has 3 rings (SSSR count). The quantitative estimate of drug-likeness (QED) is 0.632. The highest BCUT2D eigenvalue weighted by Gasteiger charge is 2.19. The second-order valence-corrected chi connectivity index (χ2v) is 5.57. The summed E-state index contributed by atoms with van der Waals surface area (Å²) in [5.74, 6) is -0.214. The minimum Gasteiger partial charge on any atom is -0.360 e. The average Bonchev–Trinajstić information content (AvgIpc) is 2.81. The monoisotopic (exact) mass is 323 g/mol. The highest BCUT2D eigenvalue weighted by atomic mass is 35.5. The van der Waals surface area contributed by atoms with E-state index in [0.717, 1.165) is 10.9 Å². The molecule has 0 saturated heterocycles. The summed E-state index contributed by atoms with van der Waals surface area (Å²) >= 11 is 18.1. The lowest BCUT2D eigenvalue weighted by Gasteiger charge is -2.05. The fourth-order valence-corrected chi connectivity index (χ4v) is 2.88. The first kappa shape index (κ1) is 13.5. The van der Waals surface area contributed by atoms with Gasteiger partial charge in [-0.2, -0.15) is 0 Å². The van der Waals surface area contributed by atoms with Crippen LogP contribution in [0.4, 0.5) is 0 Å². The SMILES string of the molecule is O=C(c1c(Cl)cccc1Cl)c1c[nH]c2cc(Cl)ccc12. The molecule has 0 aliphatic rings. The molecule has 1 heterocycles. The summed E-state index contributed by atoms with van der Waals surface area (Å²) in [7, 11) is 0. The van der Waals surface area contributed by atoms with Crippen LogP contribution in [-0.2, 0) is 0 Å². The molecule has 1 N–H and O–H groups in total. The van der Waals surface area contributed by atoms with Crippen molar-refractivity contribution in [3.63, 3.8) is 0 Å². The van der Waals surface area contributed by atoms with E-state index in [-0.39, 0.29) is 5.78 Å². The molecule has 3 aromatic rings. The zero-order valence-electron chi connectivity index (χ0n) is 10.1. The molecule has 0 unspecified atom stereocenters. The van der Waals surface area contributed by atoms with Gasteiger partial charge in [-0.15, -0.1) is 0 Å². The van der Waals surface area contributed by atoms with Crippen LogP contribution in [0.1, 0.15) is 15.9 Å². The normalized spacial score (nSPS) is 10.9. The molecule has 0 atom stereocenters. The number of hydrogen-bond donors (Lipinski definition) is 1. The lowest BCUT2D eigenvalue weighted by atomic mass is 10.0. The van der Waals surface area contributed by atoms with Gasteiger partial charge in [-0.05, 0) is 24.3 Å². The Morgan fingerprint density at radius 1 is 1.00 bits per heavy atom. The van der Waals surface area contributed by atoms with Gasteiger partial charge in [-0.3, -0.25) is 4.79 Å². The van der Waals surface area contributed by atoms with Crippen LogP contribution in [0.25, 0.3) is 10.9 Å². The maximum atomic E-state index is 12.6. The predicted molar refractivity (Wildman–Crippen MR) is 83.2 cm³/mol. The average molecular weight is 325 g/mol. The van der Waals surface area contributed by atoms with Gasteiger partial charge in [0, 0.05) is 27.7 Å². The van der Waals surface area contributed by atoms with Gasteiger partial charge in [-0.25, -0.2) is 0 Å². The van der Waals surface area contributed by atoms with E-state index in [1.807, 2.05) is 0 Å². The summed E-state index contributed by atoms with van der Waals surface area (Å²) in [6.07, 6.45) is 1.64. The lowest BCUT2D eigenvalue weighted by molar-refractivity contribution is 0.104. The van der Waals surface area contributed by atoms with Gasteiger partial charge in [0.25, 0.3) is 0 Å². The van der Waals surface area contributed by atoms with E-state index >= 15 is 0 Å². The first-order valence-corrected chi connectivity index (χ1v) is 6.96. The third-order valence-electron chi connectivity index (χ3n) is 3.08. The molecule has 0 spiro atoms. The van der Waals surface area contributed by atoms with Gasteiger partial charge < -0.3 is 4.98 Å². The molecule has 1 aromatic heterocycles. The number of benzene rings is 2. The number of carbonyl (C=O) groups excluding carboxylic acids is 1. The van der Waals surface area contributed by atoms with Crippen molar-refractivity contribution in [2.45, 2.75) is 0 Å². The number of carbonyl (C=O) groups is 1. The molecular weight excluding hydrogens is 317 g/mol. The minimum atomic E-state index is -0.214. The molecule has 0 aliphatic carbocycles. The Morgan fingerprint density at radius 2 is 1.70 bits per heavy atom. The third kappa shape index (κ3) is 2.20. The molecule has 2 nitrogen and oxygen atoms in total. The number of halogens is 3. The van der Waals surface area contributed by atoms with E-state index in [2.05, 4.69) is 4.98 Å². The number of ketones is 1. The number of rotatable bonds is 2. The number of nitrogens with one attached hydrogen (secondary N) is 1. The van der Waals surface area contributed by atoms with E-state index < -0.39 is 0 Å². The minimum absolute atomic E-state index is 0.214. The second-order valence-electron chi connectivity index (χ2n) is 4.32. The van der Waals surface area contributed by atoms with Crippen LogP contribution in [0, 0.1) is 0 Å². The molecule has 0 saturated carbocycles. The number of H-pyrrole nitrogens is 1. The van der Waals surface area contributed by atoms with Crippen molar-refractivity contribution in [2.75, 3.05) is 0 Å². The summed E-state index contributed by atoms with van der Waals surface area (Å²) in [5, 5.41) is 2.07. The summed E-state index contributed by atoms with van der Waals surface area (Å²) in [6.45, 7) is 0. The molecule has 0 fully saturated rings. The number of aromatic amines is 1. The molecule has 100 valence electrons. The van der Waals surface area contributed by atoms with Crippen molar-refractivity contribution < 1.29 is 4.79 Å². The van der Waals surface area contributed by atoms with Crippen molar-refractivity contribution in [2.24, 2.45) is 0 Å². The fourth-order valence-electron chi connectivity index (χ4n) is 2.14. The van der Waals surface area contributed by atoms with E-state index in [1.54, 1.807) is 42.6 Å². The zero-order valence-corrected chi connectivity index (χ0v) is 12.4. The van der Waals surface area contributed by atoms with Crippen LogP contribution >= 0.6 is 34.8 Å². The Morgan fingerprint density at radius 3 is 2.40 bits per heavy atom. The highest BCUT2D eigenvalue weighted by Crippen LogP contribution is 2.30. The van der Waals surface area contributed by atoms with Crippen LogP contribution in [0.15, 0.2) is 42.6 Å². The van der Waals surface area contributed by atoms with Crippen molar-refractivity contribution in [1.82, 2.24) is 4.98 Å². The van der Waals surface area contributed by atoms with E-state index in [0.29, 0.717) is 26.2 Å². The van der Waals surface area contributed by atoms with Crippen molar-refractivity contribution in [1.29, 1.82) is 0 Å². The molecule has 20 heavy (non-hydrogen) atoms. The van der Waals surface area contributed by atoms with E-state index in [1.165, 1.54) is 0 Å². The molecule has 0 amide bonds. The van der Waals surface area contributed by atoms with Crippen LogP contribution in [0.2, 0.25) is 15.1 Å². The van der Waals surface area contributed by atoms with Gasteiger partial charge in [0.15, 0.2) is 5.78 Å². The Bertz CT molecular complexity index is 803. The Hall–Kier alpha value is -1.48. The Labute approximate surface area is 130 Å². The highest BCUT2D eigenvalue weighted by molar-refractivity contribution is 6.41. The van der Waals surface area contributed by atoms with Crippen LogP contribution in [-0.4, -0.2) is 10.8 Å². The standard InChI is InChI=1S/C15H8Cl3NO/c16-8-4-5-9-10(7-19-13(9)6-8)15(20)14-11(17)2-1-3-12(14)18/h1-7,19H. The zero-order chi connectivity index (χ0) is 14.3. The lowest BCUT2D eigenvalue weighted by Crippen LogP contribution is -2.02. The smallest absolute Gasteiger partial charge is 0.198 e. The van der Waals surface area contributed by atoms with Crippen LogP contribution < -0.4 is 0 Å². The maximum Gasteiger partial charge on any atom is 0.198 e. The first-order chi connectivity index (χ1) is 9.58. The summed E-state index contributed by atoms with van der Waals surface area (Å²) in [6, 6.07) is 10.3. The summed E-state index contributed by atoms with van der Waals surface area (Å²) < 4.78 is 0. The predicted octanol–water partition coefficient (Wildman–Crippen LogP) is 5.36.